The molecule has 0 fully saturated rings. The van der Waals surface area contributed by atoms with Crippen LogP contribution in [0.5, 0.6) is 0 Å². The summed E-state index contributed by atoms with van der Waals surface area (Å²) in [6.45, 7) is 1.52. The van der Waals surface area contributed by atoms with Crippen LogP contribution in [0.3, 0.4) is 0 Å². The normalized spacial score (nSPS) is 9.83. The molecule has 0 N–H and O–H groups in total. The summed E-state index contributed by atoms with van der Waals surface area (Å²) in [6, 6.07) is 1.40. The van der Waals surface area contributed by atoms with E-state index in [1.807, 2.05) is 0 Å². The Kier molecular flexibility index (Phi) is 2.91. The number of aromatic nitrogens is 1. The highest BCUT2D eigenvalue weighted by Gasteiger charge is 1.98. The number of hydrogen-bond acceptors (Lipinski definition) is 2. The zero-order valence-corrected chi connectivity index (χ0v) is 6.88. The zero-order valence-electron chi connectivity index (χ0n) is 6.88. The molecule has 0 spiro atoms. The van der Waals surface area contributed by atoms with E-state index in [0.717, 1.165) is 11.8 Å². The molecule has 0 unspecified atom stereocenters. The van der Waals surface area contributed by atoms with E-state index in [1.54, 1.807) is 6.20 Å². The first-order chi connectivity index (χ1) is 5.68. The largest absolute Gasteiger partial charge is 0.300 e. The van der Waals surface area contributed by atoms with Crippen LogP contribution in [-0.2, 0) is 11.2 Å². The Hall–Kier alpha value is -1.25. The third-order valence-electron chi connectivity index (χ3n) is 1.53. The van der Waals surface area contributed by atoms with Gasteiger partial charge in [0, 0.05) is 12.6 Å². The third kappa shape index (κ3) is 2.78. The number of pyridine rings is 1. The highest BCUT2D eigenvalue weighted by molar-refractivity contribution is 5.75. The average Bonchev–Trinajstić information content (AvgIpc) is 2.01. The maximum atomic E-state index is 12.5. The van der Waals surface area contributed by atoms with Crippen molar-refractivity contribution in [1.82, 2.24) is 4.98 Å². The second-order valence-electron chi connectivity index (χ2n) is 2.71. The van der Waals surface area contributed by atoms with Gasteiger partial charge in [-0.3, -0.25) is 4.98 Å². The van der Waals surface area contributed by atoms with Crippen molar-refractivity contribution in [1.29, 1.82) is 0 Å². The van der Waals surface area contributed by atoms with Gasteiger partial charge in [-0.2, -0.15) is 0 Å². The van der Waals surface area contributed by atoms with Gasteiger partial charge in [0.25, 0.3) is 0 Å². The van der Waals surface area contributed by atoms with Gasteiger partial charge in [-0.15, -0.1) is 0 Å². The summed E-state index contributed by atoms with van der Waals surface area (Å²) in [5, 5.41) is 0. The molecule has 1 rings (SSSR count). The molecule has 0 aliphatic rings. The van der Waals surface area contributed by atoms with E-state index in [1.165, 1.54) is 13.0 Å². The van der Waals surface area contributed by atoms with E-state index >= 15 is 0 Å². The summed E-state index contributed by atoms with van der Waals surface area (Å²) in [7, 11) is 0. The van der Waals surface area contributed by atoms with E-state index in [0.29, 0.717) is 12.8 Å². The average molecular weight is 167 g/mol. The van der Waals surface area contributed by atoms with Gasteiger partial charge in [-0.25, -0.2) is 4.39 Å². The smallest absolute Gasteiger partial charge is 0.141 e. The van der Waals surface area contributed by atoms with Crippen molar-refractivity contribution in [3.8, 4) is 0 Å². The molecule has 0 radical (unpaired) electrons. The fraction of sp³-hybridized carbons (Fsp3) is 0.333. The predicted molar refractivity (Wildman–Crippen MR) is 43.2 cm³/mol. The number of ketones is 1. The number of rotatable bonds is 3. The molecule has 3 heteroatoms. The van der Waals surface area contributed by atoms with Gasteiger partial charge in [-0.05, 0) is 25.0 Å². The quantitative estimate of drug-likeness (QED) is 0.686. The van der Waals surface area contributed by atoms with Crippen molar-refractivity contribution < 1.29 is 9.18 Å². The van der Waals surface area contributed by atoms with Crippen molar-refractivity contribution in [3.63, 3.8) is 0 Å². The molecule has 64 valence electrons. The molecule has 0 saturated carbocycles. The molecule has 1 aromatic heterocycles. The summed E-state index contributed by atoms with van der Waals surface area (Å²) in [4.78, 5) is 14.3. The van der Waals surface area contributed by atoms with Crippen molar-refractivity contribution in [2.24, 2.45) is 0 Å². The summed E-state index contributed by atoms with van der Waals surface area (Å²) >= 11 is 0. The van der Waals surface area contributed by atoms with Gasteiger partial charge < -0.3 is 4.79 Å². The van der Waals surface area contributed by atoms with Crippen LogP contribution >= 0.6 is 0 Å². The molecule has 0 aromatic carbocycles. The first-order valence-corrected chi connectivity index (χ1v) is 3.77. The molecule has 0 amide bonds. The Morgan fingerprint density at radius 1 is 1.58 bits per heavy atom. The second kappa shape index (κ2) is 3.95. The molecule has 1 heterocycles. The van der Waals surface area contributed by atoms with Crippen molar-refractivity contribution in [2.75, 3.05) is 0 Å². The minimum absolute atomic E-state index is 0.110. The molecule has 0 atom stereocenters. The summed E-state index contributed by atoms with van der Waals surface area (Å²) in [5.74, 6) is -0.240. The molecule has 0 saturated heterocycles. The van der Waals surface area contributed by atoms with Gasteiger partial charge in [0.05, 0.1) is 6.20 Å². The lowest BCUT2D eigenvalue weighted by atomic mass is 10.1. The lowest BCUT2D eigenvalue weighted by Gasteiger charge is -1.97. The summed E-state index contributed by atoms with van der Waals surface area (Å²) < 4.78 is 12.5. The van der Waals surface area contributed by atoms with Gasteiger partial charge in [0.15, 0.2) is 0 Å². The molecule has 2 nitrogen and oxygen atoms in total. The number of aryl methyl sites for hydroxylation is 1. The first kappa shape index (κ1) is 8.84. The van der Waals surface area contributed by atoms with E-state index in [9.17, 15) is 9.18 Å². The van der Waals surface area contributed by atoms with Crippen molar-refractivity contribution in [2.45, 2.75) is 19.8 Å². The molecular weight excluding hydrogens is 157 g/mol. The van der Waals surface area contributed by atoms with Crippen molar-refractivity contribution in [3.05, 3.63) is 29.8 Å². The predicted octanol–water partition coefficient (Wildman–Crippen LogP) is 1.74. The Morgan fingerprint density at radius 2 is 2.33 bits per heavy atom. The molecule has 1 aromatic rings. The number of carbonyl (C=O) groups is 1. The Labute approximate surface area is 70.4 Å². The highest BCUT2D eigenvalue weighted by Crippen LogP contribution is 2.03. The molecule has 0 aliphatic carbocycles. The maximum Gasteiger partial charge on any atom is 0.141 e. The van der Waals surface area contributed by atoms with Crippen LogP contribution in [0.1, 0.15) is 18.9 Å². The topological polar surface area (TPSA) is 30.0 Å². The van der Waals surface area contributed by atoms with E-state index in [2.05, 4.69) is 4.98 Å². The standard InChI is InChI=1S/C9H10FNO/c1-7(12)2-3-8-4-9(10)6-11-5-8/h4-6H,2-3H2,1H3. The fourth-order valence-electron chi connectivity index (χ4n) is 0.913. The van der Waals surface area contributed by atoms with Crippen LogP contribution in [0.25, 0.3) is 0 Å². The number of halogens is 1. The second-order valence-corrected chi connectivity index (χ2v) is 2.71. The maximum absolute atomic E-state index is 12.5. The zero-order chi connectivity index (χ0) is 8.97. The van der Waals surface area contributed by atoms with Crippen LogP contribution in [0.2, 0.25) is 0 Å². The molecule has 0 bridgehead atoms. The minimum atomic E-state index is -0.351. The summed E-state index contributed by atoms with van der Waals surface area (Å²) in [5.41, 5.74) is 0.769. The highest BCUT2D eigenvalue weighted by atomic mass is 19.1. The Balaban J connectivity index is 2.57. The van der Waals surface area contributed by atoms with Gasteiger partial charge in [-0.1, -0.05) is 0 Å². The number of hydrogen-bond donors (Lipinski definition) is 0. The van der Waals surface area contributed by atoms with Crippen LogP contribution < -0.4 is 0 Å². The molecule has 12 heavy (non-hydrogen) atoms. The third-order valence-corrected chi connectivity index (χ3v) is 1.53. The Morgan fingerprint density at radius 3 is 2.92 bits per heavy atom. The number of nitrogens with zero attached hydrogens (tertiary/aromatic N) is 1. The van der Waals surface area contributed by atoms with Crippen LogP contribution in [0.4, 0.5) is 4.39 Å². The Bertz CT molecular complexity index is 286. The molecule has 0 aliphatic heterocycles. The monoisotopic (exact) mass is 167 g/mol. The van der Waals surface area contributed by atoms with Crippen LogP contribution in [-0.4, -0.2) is 10.8 Å². The van der Waals surface area contributed by atoms with Crippen molar-refractivity contribution >= 4 is 5.78 Å². The van der Waals surface area contributed by atoms with E-state index in [4.69, 9.17) is 0 Å². The number of carbonyl (C=O) groups excluding carboxylic acids is 1. The van der Waals surface area contributed by atoms with E-state index < -0.39 is 0 Å². The van der Waals surface area contributed by atoms with E-state index in [-0.39, 0.29) is 11.6 Å². The minimum Gasteiger partial charge on any atom is -0.300 e. The lowest BCUT2D eigenvalue weighted by molar-refractivity contribution is -0.116. The lowest BCUT2D eigenvalue weighted by Crippen LogP contribution is -1.95. The van der Waals surface area contributed by atoms with Gasteiger partial charge >= 0.3 is 0 Å². The fourth-order valence-corrected chi connectivity index (χ4v) is 0.913. The first-order valence-electron chi connectivity index (χ1n) is 3.77. The van der Waals surface area contributed by atoms with Crippen LogP contribution in [0, 0.1) is 5.82 Å². The SMILES string of the molecule is CC(=O)CCc1cncc(F)c1. The summed E-state index contributed by atoms with van der Waals surface area (Å²) in [6.07, 6.45) is 3.74. The van der Waals surface area contributed by atoms with Gasteiger partial charge in [0.2, 0.25) is 0 Å². The van der Waals surface area contributed by atoms with Gasteiger partial charge in [0.1, 0.15) is 11.6 Å². The van der Waals surface area contributed by atoms with Crippen LogP contribution in [0.15, 0.2) is 18.5 Å². The number of Topliss-reactive ketones (excluding diaryl/α,β-unsaturated/α-hetero) is 1. The molecular formula is C9H10FNO.